The van der Waals surface area contributed by atoms with E-state index < -0.39 is 11.1 Å². The molecule has 0 amide bonds. The van der Waals surface area contributed by atoms with Gasteiger partial charge in [-0.3, -0.25) is 0 Å². The third-order valence-corrected chi connectivity index (χ3v) is 10.5. The molecule has 1 heterocycles. The van der Waals surface area contributed by atoms with Crippen LogP contribution < -0.4 is 9.80 Å². The Morgan fingerprint density at radius 2 is 0.538 bits per heavy atom. The van der Waals surface area contributed by atoms with E-state index in [1.165, 1.54) is 33.4 Å². The molecule has 1 aliphatic rings. The summed E-state index contributed by atoms with van der Waals surface area (Å²) in [6, 6.07) is 83.7. The van der Waals surface area contributed by atoms with Gasteiger partial charge in [0.2, 0.25) is 0 Å². The molecule has 1 aliphatic heterocycles. The van der Waals surface area contributed by atoms with Crippen LogP contribution in [0.2, 0.25) is 0 Å². The molecule has 8 aromatic rings. The van der Waals surface area contributed by atoms with Crippen LogP contribution in [0.3, 0.4) is 0 Å². The molecule has 0 radical (unpaired) electrons. The van der Waals surface area contributed by atoms with Gasteiger partial charge in [-0.1, -0.05) is 182 Å². The van der Waals surface area contributed by atoms with Crippen LogP contribution in [0.5, 0.6) is 0 Å². The molecule has 0 N–H and O–H groups in total. The van der Waals surface area contributed by atoms with E-state index in [2.05, 4.69) is 240 Å². The van der Waals surface area contributed by atoms with E-state index in [9.17, 15) is 0 Å². The Morgan fingerprint density at radius 1 is 0.269 bits per heavy atom. The van der Waals surface area contributed by atoms with Crippen molar-refractivity contribution >= 4 is 22.7 Å². The third-order valence-electron chi connectivity index (χ3n) is 10.5. The average Bonchev–Trinajstić information content (AvgIpc) is 3.52. The summed E-state index contributed by atoms with van der Waals surface area (Å²) < 4.78 is 0. The number of benzene rings is 8. The first-order valence-electron chi connectivity index (χ1n) is 18.0. The summed E-state index contributed by atoms with van der Waals surface area (Å²) in [4.78, 5) is 5.03. The number of rotatable bonds is 8. The Hall–Kier alpha value is -6.64. The van der Waals surface area contributed by atoms with Crippen molar-refractivity contribution in [2.45, 2.75) is 11.1 Å². The van der Waals surface area contributed by atoms with Gasteiger partial charge < -0.3 is 9.80 Å². The minimum Gasteiger partial charge on any atom is -0.336 e. The molecule has 2 nitrogen and oxygen atoms in total. The largest absolute Gasteiger partial charge is 0.336 e. The van der Waals surface area contributed by atoms with Gasteiger partial charge >= 0.3 is 0 Å². The molecule has 0 fully saturated rings. The summed E-state index contributed by atoms with van der Waals surface area (Å²) in [5.74, 6) is 0. The van der Waals surface area contributed by atoms with Crippen LogP contribution in [0, 0.1) is 0 Å². The summed E-state index contributed by atoms with van der Waals surface area (Å²) in [7, 11) is 0. The van der Waals surface area contributed by atoms with E-state index in [0.29, 0.717) is 0 Å². The first-order chi connectivity index (χ1) is 25.8. The maximum absolute atomic E-state index is 2.71. The Balaban J connectivity index is 1.38. The lowest BCUT2D eigenvalue weighted by Gasteiger charge is -2.50. The van der Waals surface area contributed by atoms with Crippen molar-refractivity contribution in [3.8, 4) is 0 Å². The highest BCUT2D eigenvalue weighted by molar-refractivity contribution is 5.81. The van der Waals surface area contributed by atoms with Crippen molar-refractivity contribution in [1.29, 1.82) is 0 Å². The van der Waals surface area contributed by atoms with Gasteiger partial charge in [-0.2, -0.15) is 0 Å². The second kappa shape index (κ2) is 13.2. The van der Waals surface area contributed by atoms with Crippen LogP contribution in [0.4, 0.5) is 22.7 Å². The summed E-state index contributed by atoms with van der Waals surface area (Å²) in [5.41, 5.74) is 10.4. The zero-order valence-electron chi connectivity index (χ0n) is 28.8. The lowest BCUT2D eigenvalue weighted by atomic mass is 9.76. The molecular weight excluding hydrogens is 629 g/mol. The van der Waals surface area contributed by atoms with Crippen molar-refractivity contribution in [1.82, 2.24) is 0 Å². The maximum Gasteiger partial charge on any atom is 0.118 e. The summed E-state index contributed by atoms with van der Waals surface area (Å²) in [5, 5.41) is 0. The molecule has 9 rings (SSSR count). The smallest absolute Gasteiger partial charge is 0.118 e. The summed E-state index contributed by atoms with van der Waals surface area (Å²) in [6.45, 7) is 0. The highest BCUT2D eigenvalue weighted by Crippen LogP contribution is 2.62. The quantitative estimate of drug-likeness (QED) is 0.159. The molecule has 0 aliphatic carbocycles. The monoisotopic (exact) mass is 666 g/mol. The van der Waals surface area contributed by atoms with Crippen molar-refractivity contribution < 1.29 is 0 Å². The minimum atomic E-state index is -0.690. The Bertz CT molecular complexity index is 2150. The number of fused-ring (bicyclic) bond motifs is 1. The Kier molecular flexibility index (Phi) is 7.98. The van der Waals surface area contributed by atoms with Crippen molar-refractivity contribution in [2.75, 3.05) is 9.80 Å². The average molecular weight is 667 g/mol. The molecule has 0 spiro atoms. The molecule has 0 atom stereocenters. The highest BCUT2D eigenvalue weighted by Gasteiger charge is 2.61. The van der Waals surface area contributed by atoms with Crippen LogP contribution in [0.25, 0.3) is 0 Å². The standard InChI is InChI=1S/C50H38N2/c1-7-21-39(22-8-1)49(40-23-9-2-10-24-40)47-33-19-20-34-48(47)50(41-25-11-3-12-26-41,42-27-13-4-14-28-42)52(49)46-37-35-45(36-38-46)51(43-29-15-5-16-30-43)44-31-17-6-18-32-44/h1-38H. The molecule has 0 bridgehead atoms. The second-order valence-electron chi connectivity index (χ2n) is 13.3. The van der Waals surface area contributed by atoms with Crippen LogP contribution in [-0.4, -0.2) is 0 Å². The second-order valence-corrected chi connectivity index (χ2v) is 13.3. The van der Waals surface area contributed by atoms with E-state index in [4.69, 9.17) is 0 Å². The van der Waals surface area contributed by atoms with E-state index in [1.54, 1.807) is 0 Å². The molecule has 8 aromatic carbocycles. The van der Waals surface area contributed by atoms with Crippen molar-refractivity contribution in [2.24, 2.45) is 0 Å². The van der Waals surface area contributed by atoms with Gasteiger partial charge in [0.25, 0.3) is 0 Å². The topological polar surface area (TPSA) is 6.48 Å². The number of para-hydroxylation sites is 2. The SMILES string of the molecule is c1ccc(N(c2ccccc2)c2ccc(N3C(c4ccccc4)(c4ccccc4)c4ccccc4C3(c3ccccc3)c3ccccc3)cc2)cc1. The highest BCUT2D eigenvalue weighted by atomic mass is 15.3. The predicted octanol–water partition coefficient (Wildman–Crippen LogP) is 12.3. The zero-order valence-corrected chi connectivity index (χ0v) is 28.8. The van der Waals surface area contributed by atoms with Gasteiger partial charge in [0.1, 0.15) is 11.1 Å². The zero-order chi connectivity index (χ0) is 34.8. The molecule has 0 saturated heterocycles. The van der Waals surface area contributed by atoms with E-state index in [1.807, 2.05) is 0 Å². The predicted molar refractivity (Wildman–Crippen MR) is 216 cm³/mol. The minimum absolute atomic E-state index is 0.690. The Labute approximate surface area is 306 Å². The maximum atomic E-state index is 2.71. The molecule has 52 heavy (non-hydrogen) atoms. The van der Waals surface area contributed by atoms with Gasteiger partial charge in [-0.15, -0.1) is 0 Å². The van der Waals surface area contributed by atoms with Crippen LogP contribution in [-0.2, 0) is 11.1 Å². The first-order valence-corrected chi connectivity index (χ1v) is 18.0. The molecular formula is C50H38N2. The molecule has 0 saturated carbocycles. The van der Waals surface area contributed by atoms with E-state index in [-0.39, 0.29) is 0 Å². The molecule has 248 valence electrons. The fraction of sp³-hybridized carbons (Fsp3) is 0.0400. The van der Waals surface area contributed by atoms with Crippen molar-refractivity contribution in [3.05, 3.63) is 264 Å². The van der Waals surface area contributed by atoms with Gasteiger partial charge in [-0.05, 0) is 81.9 Å². The molecule has 2 heteroatoms. The summed E-state index contributed by atoms with van der Waals surface area (Å²) >= 11 is 0. The van der Waals surface area contributed by atoms with Gasteiger partial charge in [0, 0.05) is 22.7 Å². The van der Waals surface area contributed by atoms with E-state index >= 15 is 0 Å². The number of hydrogen-bond donors (Lipinski definition) is 0. The summed E-state index contributed by atoms with van der Waals surface area (Å²) in [6.07, 6.45) is 0. The normalized spacial score (nSPS) is 14.0. The van der Waals surface area contributed by atoms with Gasteiger partial charge in [0.05, 0.1) is 0 Å². The number of nitrogens with zero attached hydrogens (tertiary/aromatic N) is 2. The number of hydrogen-bond acceptors (Lipinski definition) is 2. The third kappa shape index (κ3) is 4.87. The van der Waals surface area contributed by atoms with Gasteiger partial charge in [-0.25, -0.2) is 0 Å². The van der Waals surface area contributed by atoms with Crippen LogP contribution in [0.1, 0.15) is 33.4 Å². The molecule has 0 aromatic heterocycles. The lowest BCUT2D eigenvalue weighted by Crippen LogP contribution is -2.54. The van der Waals surface area contributed by atoms with Crippen LogP contribution >= 0.6 is 0 Å². The van der Waals surface area contributed by atoms with E-state index in [0.717, 1.165) is 22.7 Å². The van der Waals surface area contributed by atoms with Gasteiger partial charge in [0.15, 0.2) is 0 Å². The fourth-order valence-electron chi connectivity index (χ4n) is 8.54. The number of anilines is 4. The van der Waals surface area contributed by atoms with Crippen molar-refractivity contribution in [3.63, 3.8) is 0 Å². The first kappa shape index (κ1) is 31.3. The molecule has 0 unspecified atom stereocenters. The fourth-order valence-corrected chi connectivity index (χ4v) is 8.54. The Morgan fingerprint density at radius 3 is 0.865 bits per heavy atom. The lowest BCUT2D eigenvalue weighted by molar-refractivity contribution is 0.496. The van der Waals surface area contributed by atoms with Crippen LogP contribution in [0.15, 0.2) is 231 Å².